The van der Waals surface area contributed by atoms with Gasteiger partial charge in [-0.05, 0) is 55.3 Å². The first-order valence-electron chi connectivity index (χ1n) is 12.1. The van der Waals surface area contributed by atoms with Crippen LogP contribution in [0.5, 0.6) is 23.0 Å². The minimum Gasteiger partial charge on any atom is -0.493 e. The number of nitrogens with one attached hydrogen (secondary N) is 1. The van der Waals surface area contributed by atoms with Gasteiger partial charge in [-0.3, -0.25) is 0 Å². The predicted molar refractivity (Wildman–Crippen MR) is 148 cm³/mol. The molecule has 0 radical (unpaired) electrons. The Morgan fingerprint density at radius 2 is 1.46 bits per heavy atom. The van der Waals surface area contributed by atoms with E-state index in [0.29, 0.717) is 17.3 Å². The zero-order valence-corrected chi connectivity index (χ0v) is 21.4. The maximum Gasteiger partial charge on any atom is 0.162 e. The van der Waals surface area contributed by atoms with Crippen molar-refractivity contribution in [2.45, 2.75) is 19.9 Å². The second kappa shape index (κ2) is 10.6. The summed E-state index contributed by atoms with van der Waals surface area (Å²) in [6, 6.07) is 30.2. The van der Waals surface area contributed by atoms with E-state index in [1.165, 1.54) is 0 Å². The minimum absolute atomic E-state index is 0.0206. The van der Waals surface area contributed by atoms with Gasteiger partial charge in [0.05, 0.1) is 19.7 Å². The number of fused-ring (bicyclic) bond motifs is 1. The summed E-state index contributed by atoms with van der Waals surface area (Å²) in [6.45, 7) is 4.01. The van der Waals surface area contributed by atoms with Gasteiger partial charge in [0.25, 0.3) is 0 Å². The molecular weight excluding hydrogens is 462 g/mol. The van der Waals surface area contributed by atoms with E-state index >= 15 is 0 Å². The molecule has 0 bridgehead atoms. The van der Waals surface area contributed by atoms with Crippen LogP contribution in [0, 0.1) is 6.92 Å². The molecule has 0 saturated heterocycles. The first-order chi connectivity index (χ1) is 18.1. The summed E-state index contributed by atoms with van der Waals surface area (Å²) < 4.78 is 17.2. The standard InChI is InChI=1S/C31H29N3O3/c1-20(32-31-26-18-29(35-3)30(36-4)19-27(26)33-21(2)34-31)22-11-10-12-23(17-22)25-15-8-9-16-28(25)37-24-13-6-5-7-14-24/h5-20H,1-4H3,(H,32,33,34)/t20-/m1/s1. The van der Waals surface area contributed by atoms with Gasteiger partial charge in [0.1, 0.15) is 23.1 Å². The second-order valence-electron chi connectivity index (χ2n) is 8.75. The second-order valence-corrected chi connectivity index (χ2v) is 8.75. The zero-order valence-electron chi connectivity index (χ0n) is 21.4. The molecule has 0 unspecified atom stereocenters. The predicted octanol–water partition coefficient (Wildman–Crippen LogP) is 7.59. The molecule has 1 N–H and O–H groups in total. The van der Waals surface area contributed by atoms with Crippen LogP contribution in [0.1, 0.15) is 24.4 Å². The highest BCUT2D eigenvalue weighted by molar-refractivity contribution is 5.92. The van der Waals surface area contributed by atoms with Crippen LogP contribution in [0.2, 0.25) is 0 Å². The van der Waals surface area contributed by atoms with Crippen LogP contribution >= 0.6 is 0 Å². The van der Waals surface area contributed by atoms with Crippen LogP contribution in [-0.2, 0) is 0 Å². The van der Waals surface area contributed by atoms with Gasteiger partial charge < -0.3 is 19.5 Å². The first-order valence-corrected chi connectivity index (χ1v) is 12.1. The Morgan fingerprint density at radius 3 is 2.24 bits per heavy atom. The number of nitrogens with zero attached hydrogens (tertiary/aromatic N) is 2. The van der Waals surface area contributed by atoms with Crippen molar-refractivity contribution < 1.29 is 14.2 Å². The van der Waals surface area contributed by atoms with Crippen molar-refractivity contribution in [3.05, 3.63) is 102 Å². The largest absolute Gasteiger partial charge is 0.493 e. The van der Waals surface area contributed by atoms with E-state index < -0.39 is 0 Å². The summed E-state index contributed by atoms with van der Waals surface area (Å²) in [6.07, 6.45) is 0. The van der Waals surface area contributed by atoms with Crippen molar-refractivity contribution in [1.29, 1.82) is 0 Å². The normalized spacial score (nSPS) is 11.7. The summed E-state index contributed by atoms with van der Waals surface area (Å²) >= 11 is 0. The quantitative estimate of drug-likeness (QED) is 0.241. The average molecular weight is 492 g/mol. The highest BCUT2D eigenvalue weighted by atomic mass is 16.5. The zero-order chi connectivity index (χ0) is 25.8. The minimum atomic E-state index is -0.0206. The van der Waals surface area contributed by atoms with Gasteiger partial charge >= 0.3 is 0 Å². The van der Waals surface area contributed by atoms with E-state index in [4.69, 9.17) is 19.2 Å². The Labute approximate surface area is 216 Å². The lowest BCUT2D eigenvalue weighted by molar-refractivity contribution is 0.356. The van der Waals surface area contributed by atoms with Crippen molar-refractivity contribution in [2.24, 2.45) is 0 Å². The third kappa shape index (κ3) is 5.19. The molecule has 1 atom stereocenters. The lowest BCUT2D eigenvalue weighted by Crippen LogP contribution is -2.10. The monoisotopic (exact) mass is 491 g/mol. The van der Waals surface area contributed by atoms with E-state index in [2.05, 4.69) is 47.6 Å². The van der Waals surface area contributed by atoms with Crippen LogP contribution < -0.4 is 19.5 Å². The van der Waals surface area contributed by atoms with Crippen LogP contribution in [-0.4, -0.2) is 24.2 Å². The Morgan fingerprint density at radius 1 is 0.730 bits per heavy atom. The van der Waals surface area contributed by atoms with Crippen LogP contribution in [0.15, 0.2) is 91.0 Å². The summed E-state index contributed by atoms with van der Waals surface area (Å²) in [5.74, 6) is 4.31. The lowest BCUT2D eigenvalue weighted by Gasteiger charge is -2.19. The highest BCUT2D eigenvalue weighted by Gasteiger charge is 2.16. The molecule has 0 spiro atoms. The molecule has 0 aliphatic rings. The third-order valence-corrected chi connectivity index (χ3v) is 6.22. The van der Waals surface area contributed by atoms with Crippen molar-refractivity contribution in [3.8, 4) is 34.1 Å². The molecule has 186 valence electrons. The summed E-state index contributed by atoms with van der Waals surface area (Å²) in [7, 11) is 3.24. The molecule has 0 saturated carbocycles. The maximum absolute atomic E-state index is 6.21. The van der Waals surface area contributed by atoms with Crippen LogP contribution in [0.25, 0.3) is 22.0 Å². The molecule has 6 nitrogen and oxygen atoms in total. The van der Waals surface area contributed by atoms with Gasteiger partial charge in [0.2, 0.25) is 0 Å². The van der Waals surface area contributed by atoms with Gasteiger partial charge in [-0.1, -0.05) is 54.6 Å². The Balaban J connectivity index is 1.47. The average Bonchev–Trinajstić information content (AvgIpc) is 2.93. The van der Waals surface area contributed by atoms with Gasteiger partial charge in [0.15, 0.2) is 11.5 Å². The number of aromatic nitrogens is 2. The van der Waals surface area contributed by atoms with E-state index in [0.717, 1.165) is 44.9 Å². The molecule has 0 fully saturated rings. The Hall–Kier alpha value is -4.58. The maximum atomic E-state index is 6.21. The summed E-state index contributed by atoms with van der Waals surface area (Å²) in [5.41, 5.74) is 4.02. The number of rotatable bonds is 8. The van der Waals surface area contributed by atoms with E-state index in [9.17, 15) is 0 Å². The molecule has 6 heteroatoms. The number of methoxy groups -OCH3 is 2. The smallest absolute Gasteiger partial charge is 0.162 e. The van der Waals surface area contributed by atoms with Gasteiger partial charge in [0, 0.05) is 23.1 Å². The van der Waals surface area contributed by atoms with E-state index in [-0.39, 0.29) is 6.04 Å². The lowest BCUT2D eigenvalue weighted by atomic mass is 9.99. The van der Waals surface area contributed by atoms with E-state index in [1.807, 2.05) is 67.6 Å². The molecule has 0 aliphatic heterocycles. The number of ether oxygens (including phenoxy) is 3. The summed E-state index contributed by atoms with van der Waals surface area (Å²) in [5, 5.41) is 4.45. The number of anilines is 1. The van der Waals surface area contributed by atoms with Crippen molar-refractivity contribution in [2.75, 3.05) is 19.5 Å². The molecule has 1 aromatic heterocycles. The highest BCUT2D eigenvalue weighted by Crippen LogP contribution is 2.37. The fourth-order valence-corrected chi connectivity index (χ4v) is 4.36. The molecule has 4 aromatic carbocycles. The van der Waals surface area contributed by atoms with E-state index in [1.54, 1.807) is 14.2 Å². The molecule has 5 aromatic rings. The summed E-state index contributed by atoms with van der Waals surface area (Å²) in [4.78, 5) is 9.30. The number of hydrogen-bond donors (Lipinski definition) is 1. The molecule has 37 heavy (non-hydrogen) atoms. The topological polar surface area (TPSA) is 65.5 Å². The number of aryl methyl sites for hydroxylation is 1. The SMILES string of the molecule is COc1cc2nc(C)nc(N[C@H](C)c3cccc(-c4ccccc4Oc4ccccc4)c3)c2cc1OC. The number of hydrogen-bond acceptors (Lipinski definition) is 6. The molecule has 0 amide bonds. The van der Waals surface area contributed by atoms with Crippen molar-refractivity contribution >= 4 is 16.7 Å². The Kier molecular flexibility index (Phi) is 6.90. The van der Waals surface area contributed by atoms with Crippen molar-refractivity contribution in [3.63, 3.8) is 0 Å². The molecule has 5 rings (SSSR count). The fraction of sp³-hybridized carbons (Fsp3) is 0.161. The molecular formula is C31H29N3O3. The van der Waals surface area contributed by atoms with Gasteiger partial charge in [-0.15, -0.1) is 0 Å². The molecule has 0 aliphatic carbocycles. The Bertz CT molecular complexity index is 1540. The van der Waals surface area contributed by atoms with Crippen LogP contribution in [0.3, 0.4) is 0 Å². The molecule has 1 heterocycles. The fourth-order valence-electron chi connectivity index (χ4n) is 4.36. The number of benzene rings is 4. The number of para-hydroxylation sites is 2. The van der Waals surface area contributed by atoms with Gasteiger partial charge in [-0.2, -0.15) is 0 Å². The third-order valence-electron chi connectivity index (χ3n) is 6.22. The van der Waals surface area contributed by atoms with Crippen LogP contribution in [0.4, 0.5) is 5.82 Å². The van der Waals surface area contributed by atoms with Gasteiger partial charge in [-0.25, -0.2) is 9.97 Å². The first kappa shape index (κ1) is 24.1. The van der Waals surface area contributed by atoms with Crippen molar-refractivity contribution in [1.82, 2.24) is 9.97 Å².